The number of carbonyl (C=O) groups is 2. The third-order valence-electron chi connectivity index (χ3n) is 2.45. The molecule has 1 aromatic heterocycles. The number of amides is 2. The van der Waals surface area contributed by atoms with Crippen LogP contribution in [0.25, 0.3) is 0 Å². The second-order valence-corrected chi connectivity index (χ2v) is 4.04. The molecule has 0 spiro atoms. The second kappa shape index (κ2) is 6.90. The van der Waals surface area contributed by atoms with Crippen molar-refractivity contribution in [2.24, 2.45) is 5.10 Å². The van der Waals surface area contributed by atoms with E-state index < -0.39 is 11.8 Å². The number of benzene rings is 1. The first-order valence-corrected chi connectivity index (χ1v) is 6.08. The van der Waals surface area contributed by atoms with Crippen LogP contribution in [0.15, 0.2) is 52.2 Å². The fourth-order valence-electron chi connectivity index (χ4n) is 1.43. The Bertz CT molecular complexity index is 633. The van der Waals surface area contributed by atoms with Gasteiger partial charge in [-0.1, -0.05) is 0 Å². The van der Waals surface area contributed by atoms with E-state index in [1.807, 2.05) is 0 Å². The molecule has 0 saturated carbocycles. The van der Waals surface area contributed by atoms with Gasteiger partial charge in [0.05, 0.1) is 19.0 Å². The molecule has 7 heteroatoms. The molecule has 1 aromatic carbocycles. The standard InChI is InChI=1S/C14H13N3O4/c18-11-5-3-10(4-6-11)8-16-17-13(19)9-15-14(20)12-2-1-7-21-12/h1-8,18H,9H2,(H,15,20)(H,17,19)/b16-8-. The molecule has 1 heterocycles. The number of nitrogens with one attached hydrogen (secondary N) is 2. The van der Waals surface area contributed by atoms with Crippen LogP contribution in [-0.2, 0) is 4.79 Å². The van der Waals surface area contributed by atoms with Crippen LogP contribution >= 0.6 is 0 Å². The molecule has 0 atom stereocenters. The summed E-state index contributed by atoms with van der Waals surface area (Å²) < 4.78 is 4.88. The maximum atomic E-state index is 11.5. The number of rotatable bonds is 5. The van der Waals surface area contributed by atoms with E-state index in [0.29, 0.717) is 5.56 Å². The highest BCUT2D eigenvalue weighted by molar-refractivity contribution is 5.94. The van der Waals surface area contributed by atoms with E-state index in [9.17, 15) is 9.59 Å². The molecule has 0 aliphatic rings. The second-order valence-electron chi connectivity index (χ2n) is 4.04. The highest BCUT2D eigenvalue weighted by Gasteiger charge is 2.09. The SMILES string of the molecule is O=C(CNC(=O)c1ccco1)N/N=C\c1ccc(O)cc1. The molecule has 0 fully saturated rings. The number of aromatic hydroxyl groups is 1. The maximum Gasteiger partial charge on any atom is 0.287 e. The minimum atomic E-state index is -0.474. The molecule has 108 valence electrons. The molecule has 0 aliphatic carbocycles. The topological polar surface area (TPSA) is 104 Å². The lowest BCUT2D eigenvalue weighted by Gasteiger charge is -2.01. The van der Waals surface area contributed by atoms with Crippen molar-refractivity contribution in [1.29, 1.82) is 0 Å². The zero-order chi connectivity index (χ0) is 15.1. The summed E-state index contributed by atoms with van der Waals surface area (Å²) in [5.74, 6) is -0.658. The molecule has 0 bridgehead atoms. The number of nitrogens with zero attached hydrogens (tertiary/aromatic N) is 1. The van der Waals surface area contributed by atoms with Crippen LogP contribution in [0.3, 0.4) is 0 Å². The Morgan fingerprint density at radius 2 is 2.00 bits per heavy atom. The van der Waals surface area contributed by atoms with E-state index in [0.717, 1.165) is 0 Å². The summed E-state index contributed by atoms with van der Waals surface area (Å²) in [5.41, 5.74) is 2.98. The fraction of sp³-hybridized carbons (Fsp3) is 0.0714. The molecule has 21 heavy (non-hydrogen) atoms. The number of hydrogen-bond acceptors (Lipinski definition) is 5. The largest absolute Gasteiger partial charge is 0.508 e. The van der Waals surface area contributed by atoms with Crippen molar-refractivity contribution in [3.63, 3.8) is 0 Å². The summed E-state index contributed by atoms with van der Waals surface area (Å²) in [6.07, 6.45) is 2.79. The van der Waals surface area contributed by atoms with Crippen molar-refractivity contribution in [2.75, 3.05) is 6.54 Å². The summed E-state index contributed by atoms with van der Waals surface area (Å²) in [7, 11) is 0. The monoisotopic (exact) mass is 287 g/mol. The van der Waals surface area contributed by atoms with Crippen LogP contribution in [0.1, 0.15) is 16.1 Å². The van der Waals surface area contributed by atoms with Crippen molar-refractivity contribution in [1.82, 2.24) is 10.7 Å². The van der Waals surface area contributed by atoms with Gasteiger partial charge in [0, 0.05) is 0 Å². The molecule has 7 nitrogen and oxygen atoms in total. The lowest BCUT2D eigenvalue weighted by atomic mass is 10.2. The predicted molar refractivity (Wildman–Crippen MR) is 74.9 cm³/mol. The molecular weight excluding hydrogens is 274 g/mol. The van der Waals surface area contributed by atoms with Crippen molar-refractivity contribution in [3.8, 4) is 5.75 Å². The van der Waals surface area contributed by atoms with Gasteiger partial charge in [0.2, 0.25) is 0 Å². The van der Waals surface area contributed by atoms with Crippen molar-refractivity contribution in [2.45, 2.75) is 0 Å². The fourth-order valence-corrected chi connectivity index (χ4v) is 1.43. The maximum absolute atomic E-state index is 11.5. The molecule has 0 saturated heterocycles. The first kappa shape index (κ1) is 14.3. The highest BCUT2D eigenvalue weighted by Crippen LogP contribution is 2.07. The Labute approximate surface area is 120 Å². The van der Waals surface area contributed by atoms with Crippen LogP contribution in [0.2, 0.25) is 0 Å². The molecule has 2 rings (SSSR count). The van der Waals surface area contributed by atoms with Gasteiger partial charge in [-0.25, -0.2) is 5.43 Å². The predicted octanol–water partition coefficient (Wildman–Crippen LogP) is 0.865. The molecule has 0 radical (unpaired) electrons. The summed E-state index contributed by atoms with van der Waals surface area (Å²) in [5, 5.41) is 15.2. The molecule has 0 unspecified atom stereocenters. The smallest absolute Gasteiger partial charge is 0.287 e. The van der Waals surface area contributed by atoms with Crippen LogP contribution in [0.5, 0.6) is 5.75 Å². The van der Waals surface area contributed by atoms with Gasteiger partial charge in [0.25, 0.3) is 11.8 Å². The van der Waals surface area contributed by atoms with Crippen LogP contribution in [0.4, 0.5) is 0 Å². The van der Waals surface area contributed by atoms with Gasteiger partial charge < -0.3 is 14.8 Å². The van der Waals surface area contributed by atoms with Crippen LogP contribution in [-0.4, -0.2) is 29.7 Å². The molecular formula is C14H13N3O4. The summed E-state index contributed by atoms with van der Waals surface area (Å²) in [6.45, 7) is -0.216. The Hall–Kier alpha value is -3.09. The Morgan fingerprint density at radius 3 is 2.67 bits per heavy atom. The van der Waals surface area contributed by atoms with E-state index in [4.69, 9.17) is 9.52 Å². The Kier molecular flexibility index (Phi) is 4.70. The van der Waals surface area contributed by atoms with Gasteiger partial charge in [-0.15, -0.1) is 0 Å². The van der Waals surface area contributed by atoms with Crippen molar-refractivity contribution >= 4 is 18.0 Å². The first-order valence-electron chi connectivity index (χ1n) is 6.08. The molecule has 0 aliphatic heterocycles. The van der Waals surface area contributed by atoms with Gasteiger partial charge in [-0.3, -0.25) is 9.59 Å². The van der Waals surface area contributed by atoms with E-state index >= 15 is 0 Å². The average molecular weight is 287 g/mol. The molecule has 2 amide bonds. The molecule has 3 N–H and O–H groups in total. The van der Waals surface area contributed by atoms with E-state index in [2.05, 4.69) is 15.8 Å². The highest BCUT2D eigenvalue weighted by atomic mass is 16.3. The molecule has 2 aromatic rings. The number of hydrazone groups is 1. The summed E-state index contributed by atoms with van der Waals surface area (Å²) in [4.78, 5) is 22.9. The minimum Gasteiger partial charge on any atom is -0.508 e. The average Bonchev–Trinajstić information content (AvgIpc) is 3.01. The van der Waals surface area contributed by atoms with Crippen LogP contribution < -0.4 is 10.7 Å². The Balaban J connectivity index is 1.74. The van der Waals surface area contributed by atoms with E-state index in [1.54, 1.807) is 18.2 Å². The number of furan rings is 1. The first-order chi connectivity index (χ1) is 10.1. The lowest BCUT2D eigenvalue weighted by molar-refractivity contribution is -0.120. The van der Waals surface area contributed by atoms with Gasteiger partial charge >= 0.3 is 0 Å². The number of carbonyl (C=O) groups excluding carboxylic acids is 2. The van der Waals surface area contributed by atoms with Crippen molar-refractivity contribution < 1.29 is 19.1 Å². The van der Waals surface area contributed by atoms with Gasteiger partial charge in [-0.2, -0.15) is 5.10 Å². The van der Waals surface area contributed by atoms with Crippen LogP contribution in [0, 0.1) is 0 Å². The van der Waals surface area contributed by atoms with Gasteiger partial charge in [0.1, 0.15) is 5.75 Å². The van der Waals surface area contributed by atoms with Crippen molar-refractivity contribution in [3.05, 3.63) is 54.0 Å². The number of phenolic OH excluding ortho intramolecular Hbond substituents is 1. The third-order valence-corrected chi connectivity index (χ3v) is 2.45. The number of hydrogen-bond donors (Lipinski definition) is 3. The third kappa shape index (κ3) is 4.50. The minimum absolute atomic E-state index is 0.135. The number of phenols is 1. The summed E-state index contributed by atoms with van der Waals surface area (Å²) >= 11 is 0. The quantitative estimate of drug-likeness (QED) is 0.560. The normalized spacial score (nSPS) is 10.5. The zero-order valence-electron chi connectivity index (χ0n) is 10.9. The van der Waals surface area contributed by atoms with E-state index in [1.165, 1.54) is 30.7 Å². The summed E-state index contributed by atoms with van der Waals surface area (Å²) in [6, 6.07) is 9.38. The lowest BCUT2D eigenvalue weighted by Crippen LogP contribution is -2.34. The Morgan fingerprint density at radius 1 is 1.24 bits per heavy atom. The zero-order valence-corrected chi connectivity index (χ0v) is 10.9. The van der Waals surface area contributed by atoms with Gasteiger partial charge in [0.15, 0.2) is 5.76 Å². The van der Waals surface area contributed by atoms with E-state index in [-0.39, 0.29) is 18.1 Å². The van der Waals surface area contributed by atoms with Gasteiger partial charge in [-0.05, 0) is 42.0 Å².